The average molecular weight is 722 g/mol. The maximum Gasteiger partial charge on any atom is 0.103 e. The number of para-hydroxylation sites is 3. The van der Waals surface area contributed by atoms with Crippen molar-refractivity contribution in [3.05, 3.63) is 193 Å². The molecule has 2 aliphatic rings. The van der Waals surface area contributed by atoms with Gasteiger partial charge in [-0.2, -0.15) is 0 Å². The van der Waals surface area contributed by atoms with Gasteiger partial charge in [0.25, 0.3) is 0 Å². The first-order chi connectivity index (χ1) is 27.3. The Morgan fingerprint density at radius 3 is 1.76 bits per heavy atom. The van der Waals surface area contributed by atoms with Crippen molar-refractivity contribution in [1.29, 1.82) is 0 Å². The van der Waals surface area contributed by atoms with Crippen molar-refractivity contribution in [2.45, 2.75) is 23.1 Å². The van der Waals surface area contributed by atoms with E-state index in [9.17, 15) is 0 Å². The van der Waals surface area contributed by atoms with E-state index in [0.717, 1.165) is 12.8 Å². The zero-order chi connectivity index (χ0) is 36.0. The summed E-state index contributed by atoms with van der Waals surface area (Å²) in [6, 6.07) is 65.0. The highest BCUT2D eigenvalue weighted by Crippen LogP contribution is 2.53. The minimum Gasteiger partial charge on any atom is -0.368 e. The molecule has 0 radical (unpaired) electrons. The molecule has 1 aliphatic carbocycles. The molecule has 12 rings (SSSR count). The SMILES string of the molecule is c1ccc(C2Nc3c(ccc4c3-c3ccc(-n5c6ccccc6c6cc(-c7ccc(-n8c9ccccc9c9ccccc98)cc7)ccc65)cc3CC4)S2)cc1. The van der Waals surface area contributed by atoms with E-state index in [1.165, 1.54) is 105 Å². The Hall–Kier alpha value is -6.49. The quantitative estimate of drug-likeness (QED) is 0.195. The van der Waals surface area contributed by atoms with Crippen molar-refractivity contribution >= 4 is 61.1 Å². The standard InChI is InChI=1S/C51H35N3S/c1-2-10-34(11-3-1)51-52-50-48(55-51)29-23-33-18-19-36-30-38(26-27-39(36)49(33)50)54-46-17-9-6-14-42(46)43-31-35(22-28-47(43)54)32-20-24-37(25-21-32)53-44-15-7-4-12-40(44)41-13-5-8-16-45(41)53/h1-17,20-31,51-52H,18-19H2. The Balaban J connectivity index is 0.928. The smallest absolute Gasteiger partial charge is 0.103 e. The van der Waals surface area contributed by atoms with Crippen LogP contribution in [-0.2, 0) is 12.8 Å². The van der Waals surface area contributed by atoms with E-state index in [1.54, 1.807) is 0 Å². The predicted octanol–water partition coefficient (Wildman–Crippen LogP) is 13.5. The Morgan fingerprint density at radius 1 is 0.455 bits per heavy atom. The molecule has 0 saturated carbocycles. The fourth-order valence-electron chi connectivity index (χ4n) is 9.32. The fourth-order valence-corrected chi connectivity index (χ4v) is 10.5. The summed E-state index contributed by atoms with van der Waals surface area (Å²) in [6.45, 7) is 0. The zero-order valence-electron chi connectivity index (χ0n) is 30.0. The molecule has 1 N–H and O–H groups in total. The molecule has 2 aromatic heterocycles. The van der Waals surface area contributed by atoms with Crippen LogP contribution >= 0.6 is 11.8 Å². The molecule has 1 aliphatic heterocycles. The molecule has 0 bridgehead atoms. The molecule has 0 amide bonds. The van der Waals surface area contributed by atoms with Gasteiger partial charge in [0.05, 0.1) is 27.8 Å². The van der Waals surface area contributed by atoms with Gasteiger partial charge in [0.1, 0.15) is 5.37 Å². The Labute approximate surface area is 323 Å². The third-order valence-corrected chi connectivity index (χ3v) is 13.1. The topological polar surface area (TPSA) is 21.9 Å². The van der Waals surface area contributed by atoms with Crippen LogP contribution in [0.4, 0.5) is 5.69 Å². The summed E-state index contributed by atoms with van der Waals surface area (Å²) in [5.74, 6) is 0. The van der Waals surface area contributed by atoms with E-state index in [1.807, 2.05) is 11.8 Å². The molecule has 1 unspecified atom stereocenters. The van der Waals surface area contributed by atoms with Gasteiger partial charge in [-0.3, -0.25) is 0 Å². The normalized spacial score (nSPS) is 14.7. The monoisotopic (exact) mass is 721 g/mol. The van der Waals surface area contributed by atoms with Crippen LogP contribution in [0.25, 0.3) is 77.2 Å². The highest BCUT2D eigenvalue weighted by molar-refractivity contribution is 8.00. The number of aryl methyl sites for hydroxylation is 2. The number of thioether (sulfide) groups is 1. The molecule has 1 atom stereocenters. The molecular weight excluding hydrogens is 687 g/mol. The number of aromatic nitrogens is 2. The van der Waals surface area contributed by atoms with E-state index in [4.69, 9.17) is 0 Å². The number of hydrogen-bond acceptors (Lipinski definition) is 2. The van der Waals surface area contributed by atoms with Gasteiger partial charge < -0.3 is 14.5 Å². The van der Waals surface area contributed by atoms with Gasteiger partial charge in [-0.05, 0) is 107 Å². The predicted molar refractivity (Wildman–Crippen MR) is 232 cm³/mol. The van der Waals surface area contributed by atoms with Crippen molar-refractivity contribution < 1.29 is 0 Å². The maximum atomic E-state index is 3.91. The molecule has 0 saturated heterocycles. The minimum absolute atomic E-state index is 0.229. The van der Waals surface area contributed by atoms with Crippen molar-refractivity contribution in [3.8, 4) is 33.6 Å². The van der Waals surface area contributed by atoms with Crippen LogP contribution in [0.3, 0.4) is 0 Å². The molecule has 10 aromatic rings. The first-order valence-electron chi connectivity index (χ1n) is 19.2. The lowest BCUT2D eigenvalue weighted by Crippen LogP contribution is -2.08. The van der Waals surface area contributed by atoms with Crippen LogP contribution < -0.4 is 5.32 Å². The van der Waals surface area contributed by atoms with Crippen LogP contribution in [0.5, 0.6) is 0 Å². The largest absolute Gasteiger partial charge is 0.368 e. The van der Waals surface area contributed by atoms with Crippen molar-refractivity contribution in [2.24, 2.45) is 0 Å². The first kappa shape index (κ1) is 30.9. The Kier molecular flexibility index (Phi) is 6.75. The Bertz CT molecular complexity index is 3100. The van der Waals surface area contributed by atoms with Gasteiger partial charge in [-0.15, -0.1) is 0 Å². The zero-order valence-corrected chi connectivity index (χ0v) is 30.9. The second-order valence-corrected chi connectivity index (χ2v) is 16.0. The van der Waals surface area contributed by atoms with Crippen molar-refractivity contribution in [1.82, 2.24) is 9.13 Å². The molecule has 0 spiro atoms. The average Bonchev–Trinajstić information content (AvgIpc) is 3.94. The van der Waals surface area contributed by atoms with Gasteiger partial charge in [-0.1, -0.05) is 127 Å². The van der Waals surface area contributed by atoms with Crippen molar-refractivity contribution in [2.75, 3.05) is 5.32 Å². The molecule has 0 fully saturated rings. The van der Waals surface area contributed by atoms with Crippen LogP contribution in [0.15, 0.2) is 181 Å². The number of rotatable bonds is 4. The number of benzene rings is 8. The summed E-state index contributed by atoms with van der Waals surface area (Å²) >= 11 is 1.92. The van der Waals surface area contributed by atoms with E-state index in [2.05, 4.69) is 190 Å². The molecule has 3 heterocycles. The van der Waals surface area contributed by atoms with Gasteiger partial charge in [-0.25, -0.2) is 0 Å². The van der Waals surface area contributed by atoms with Gasteiger partial charge in [0, 0.05) is 43.4 Å². The molecule has 260 valence electrons. The molecular formula is C51H35N3S. The van der Waals surface area contributed by atoms with Crippen LogP contribution in [0.2, 0.25) is 0 Å². The van der Waals surface area contributed by atoms with E-state index < -0.39 is 0 Å². The van der Waals surface area contributed by atoms with Crippen LogP contribution in [-0.4, -0.2) is 9.13 Å². The Morgan fingerprint density at radius 2 is 1.04 bits per heavy atom. The van der Waals surface area contributed by atoms with Crippen LogP contribution in [0.1, 0.15) is 22.1 Å². The van der Waals surface area contributed by atoms with Gasteiger partial charge in [0.15, 0.2) is 0 Å². The van der Waals surface area contributed by atoms with E-state index in [-0.39, 0.29) is 5.37 Å². The van der Waals surface area contributed by atoms with Crippen LogP contribution in [0, 0.1) is 0 Å². The molecule has 4 heteroatoms. The summed E-state index contributed by atoms with van der Waals surface area (Å²) in [4.78, 5) is 1.34. The highest BCUT2D eigenvalue weighted by Gasteiger charge is 2.30. The second-order valence-electron chi connectivity index (χ2n) is 14.9. The van der Waals surface area contributed by atoms with E-state index >= 15 is 0 Å². The van der Waals surface area contributed by atoms with Gasteiger partial charge >= 0.3 is 0 Å². The molecule has 8 aromatic carbocycles. The summed E-state index contributed by atoms with van der Waals surface area (Å²) in [7, 11) is 0. The summed E-state index contributed by atoms with van der Waals surface area (Å²) in [5.41, 5.74) is 17.9. The number of anilines is 1. The lowest BCUT2D eigenvalue weighted by molar-refractivity contribution is 0.935. The number of nitrogens with one attached hydrogen (secondary N) is 1. The van der Waals surface area contributed by atoms with Crippen molar-refractivity contribution in [3.63, 3.8) is 0 Å². The number of nitrogens with zero attached hydrogens (tertiary/aromatic N) is 2. The number of hydrogen-bond donors (Lipinski definition) is 1. The second kappa shape index (κ2) is 12.0. The first-order valence-corrected chi connectivity index (χ1v) is 20.0. The lowest BCUT2D eigenvalue weighted by Gasteiger charge is -2.24. The third kappa shape index (κ3) is 4.71. The molecule has 3 nitrogen and oxygen atoms in total. The molecule has 55 heavy (non-hydrogen) atoms. The third-order valence-electron chi connectivity index (χ3n) is 11.9. The van der Waals surface area contributed by atoms with Gasteiger partial charge in [0.2, 0.25) is 0 Å². The van der Waals surface area contributed by atoms with E-state index in [0.29, 0.717) is 0 Å². The maximum absolute atomic E-state index is 3.91. The summed E-state index contributed by atoms with van der Waals surface area (Å²) < 4.78 is 4.84. The number of fused-ring (bicyclic) bond motifs is 11. The summed E-state index contributed by atoms with van der Waals surface area (Å²) in [6.07, 6.45) is 2.09. The highest BCUT2D eigenvalue weighted by atomic mass is 32.2. The summed E-state index contributed by atoms with van der Waals surface area (Å²) in [5, 5.41) is 9.25. The fraction of sp³-hybridized carbons (Fsp3) is 0.0588. The minimum atomic E-state index is 0.229. The lowest BCUT2D eigenvalue weighted by atomic mass is 9.84.